The maximum atomic E-state index is 10.9. The van der Waals surface area contributed by atoms with Crippen molar-refractivity contribution in [2.75, 3.05) is 0 Å². The molecule has 0 fully saturated rings. The summed E-state index contributed by atoms with van der Waals surface area (Å²) >= 11 is 8.18. The zero-order valence-corrected chi connectivity index (χ0v) is 12.8. The summed E-state index contributed by atoms with van der Waals surface area (Å²) in [6.45, 7) is 0. The van der Waals surface area contributed by atoms with Gasteiger partial charge in [0.2, 0.25) is 0 Å². The Morgan fingerprint density at radius 3 is 2.90 bits per heavy atom. The number of H-pyrrole nitrogens is 1. The van der Waals surface area contributed by atoms with Crippen LogP contribution in [0.5, 0.6) is 0 Å². The lowest BCUT2D eigenvalue weighted by atomic mass is 10.2. The topological polar surface area (TPSA) is 78.9 Å². The SMILES string of the molecule is O=C(O)c1cnc2nc(-c3cc(Cl)ccc3I)[nH]c2c1. The summed E-state index contributed by atoms with van der Waals surface area (Å²) in [5, 5.41) is 9.57. The van der Waals surface area contributed by atoms with Gasteiger partial charge in [0, 0.05) is 20.4 Å². The maximum Gasteiger partial charge on any atom is 0.337 e. The molecule has 5 nitrogen and oxygen atoms in total. The third-order valence-corrected chi connectivity index (χ3v) is 3.94. The van der Waals surface area contributed by atoms with Crippen molar-refractivity contribution in [1.82, 2.24) is 15.0 Å². The highest BCUT2D eigenvalue weighted by molar-refractivity contribution is 14.1. The highest BCUT2D eigenvalue weighted by Gasteiger charge is 2.12. The molecule has 0 bridgehead atoms. The van der Waals surface area contributed by atoms with Gasteiger partial charge in [-0.2, -0.15) is 0 Å². The van der Waals surface area contributed by atoms with Crippen molar-refractivity contribution < 1.29 is 9.90 Å². The van der Waals surface area contributed by atoms with Crippen molar-refractivity contribution in [3.63, 3.8) is 0 Å². The van der Waals surface area contributed by atoms with E-state index in [1.807, 2.05) is 6.07 Å². The predicted molar refractivity (Wildman–Crippen MR) is 84.0 cm³/mol. The Morgan fingerprint density at radius 1 is 1.35 bits per heavy atom. The number of aromatic carboxylic acids is 1. The Balaban J connectivity index is 2.17. The second-order valence-electron chi connectivity index (χ2n) is 4.11. The molecule has 0 radical (unpaired) electrons. The first kappa shape index (κ1) is 13.3. The molecule has 0 amide bonds. The van der Waals surface area contributed by atoms with Crippen LogP contribution in [0.2, 0.25) is 5.02 Å². The molecule has 2 N–H and O–H groups in total. The van der Waals surface area contributed by atoms with Crippen LogP contribution in [0.4, 0.5) is 0 Å². The van der Waals surface area contributed by atoms with Gasteiger partial charge in [0.25, 0.3) is 0 Å². The fourth-order valence-electron chi connectivity index (χ4n) is 1.82. The minimum Gasteiger partial charge on any atom is -0.478 e. The first-order valence-electron chi connectivity index (χ1n) is 5.59. The molecule has 0 aliphatic heterocycles. The minimum atomic E-state index is -1.02. The Kier molecular flexibility index (Phi) is 3.35. The Labute approximate surface area is 132 Å². The van der Waals surface area contributed by atoms with Gasteiger partial charge >= 0.3 is 5.97 Å². The summed E-state index contributed by atoms with van der Waals surface area (Å²) in [7, 11) is 0. The van der Waals surface area contributed by atoms with Crippen molar-refractivity contribution >= 4 is 51.3 Å². The third kappa shape index (κ3) is 2.36. The van der Waals surface area contributed by atoms with Gasteiger partial charge in [-0.1, -0.05) is 11.6 Å². The number of carboxylic acids is 1. The van der Waals surface area contributed by atoms with E-state index < -0.39 is 5.97 Å². The van der Waals surface area contributed by atoms with Gasteiger partial charge in [-0.3, -0.25) is 0 Å². The number of imidazole rings is 1. The number of nitrogens with zero attached hydrogens (tertiary/aromatic N) is 2. The number of aromatic nitrogens is 3. The number of hydrogen-bond donors (Lipinski definition) is 2. The van der Waals surface area contributed by atoms with Gasteiger partial charge in [-0.15, -0.1) is 0 Å². The number of carboxylic acid groups (broad SMARTS) is 1. The van der Waals surface area contributed by atoms with Gasteiger partial charge < -0.3 is 10.1 Å². The summed E-state index contributed by atoms with van der Waals surface area (Å²) < 4.78 is 0.990. The molecular formula is C13H7ClIN3O2. The third-order valence-electron chi connectivity index (χ3n) is 2.77. The average molecular weight is 400 g/mol. The molecule has 3 rings (SSSR count). The first-order valence-corrected chi connectivity index (χ1v) is 7.05. The second kappa shape index (κ2) is 5.02. The Morgan fingerprint density at radius 2 is 2.15 bits per heavy atom. The van der Waals surface area contributed by atoms with E-state index in [4.69, 9.17) is 16.7 Å². The zero-order valence-electron chi connectivity index (χ0n) is 9.89. The van der Waals surface area contributed by atoms with Crippen LogP contribution < -0.4 is 0 Å². The molecule has 20 heavy (non-hydrogen) atoms. The van der Waals surface area contributed by atoms with Crippen LogP contribution in [0.1, 0.15) is 10.4 Å². The van der Waals surface area contributed by atoms with Crippen LogP contribution in [0.15, 0.2) is 30.5 Å². The fourth-order valence-corrected chi connectivity index (χ4v) is 2.59. The van der Waals surface area contributed by atoms with Crippen LogP contribution in [0, 0.1) is 3.57 Å². The van der Waals surface area contributed by atoms with E-state index in [-0.39, 0.29) is 5.56 Å². The standard InChI is InChI=1S/C13H7ClIN3O2/c14-7-1-2-9(15)8(4-7)11-17-10-3-6(13(19)20)5-16-12(10)18-11/h1-5H,(H,19,20)(H,16,17,18). The average Bonchev–Trinajstić information content (AvgIpc) is 2.83. The summed E-state index contributed by atoms with van der Waals surface area (Å²) in [5.74, 6) is -0.408. The highest BCUT2D eigenvalue weighted by atomic mass is 127. The number of fused-ring (bicyclic) bond motifs is 1. The Hall–Kier alpha value is -1.67. The molecule has 2 aromatic heterocycles. The molecule has 0 aliphatic carbocycles. The van der Waals surface area contributed by atoms with E-state index in [1.54, 1.807) is 12.1 Å². The zero-order chi connectivity index (χ0) is 14.3. The predicted octanol–water partition coefficient (Wildman–Crippen LogP) is 3.58. The lowest BCUT2D eigenvalue weighted by Crippen LogP contribution is -1.96. The first-order chi connectivity index (χ1) is 9.54. The quantitative estimate of drug-likeness (QED) is 0.646. The number of aromatic amines is 1. The van der Waals surface area contributed by atoms with E-state index in [0.717, 1.165) is 9.13 Å². The maximum absolute atomic E-state index is 10.9. The van der Waals surface area contributed by atoms with Crippen molar-refractivity contribution in [2.45, 2.75) is 0 Å². The van der Waals surface area contributed by atoms with Crippen LogP contribution in [0.3, 0.4) is 0 Å². The molecule has 0 unspecified atom stereocenters. The summed E-state index contributed by atoms with van der Waals surface area (Å²) in [5.41, 5.74) is 2.03. The number of nitrogens with one attached hydrogen (secondary N) is 1. The molecule has 0 aliphatic rings. The molecule has 0 spiro atoms. The van der Waals surface area contributed by atoms with E-state index >= 15 is 0 Å². The van der Waals surface area contributed by atoms with Crippen LogP contribution in [-0.4, -0.2) is 26.0 Å². The largest absolute Gasteiger partial charge is 0.478 e. The van der Waals surface area contributed by atoms with E-state index in [1.165, 1.54) is 12.3 Å². The molecule has 2 heterocycles. The lowest BCUT2D eigenvalue weighted by Gasteiger charge is -2.00. The molecule has 100 valence electrons. The van der Waals surface area contributed by atoms with Gasteiger partial charge in [-0.05, 0) is 46.9 Å². The molecular weight excluding hydrogens is 393 g/mol. The van der Waals surface area contributed by atoms with Crippen molar-refractivity contribution in [2.24, 2.45) is 0 Å². The molecule has 0 atom stereocenters. The highest BCUT2D eigenvalue weighted by Crippen LogP contribution is 2.27. The number of halogens is 2. The number of pyridine rings is 1. The fraction of sp³-hybridized carbons (Fsp3) is 0. The lowest BCUT2D eigenvalue weighted by molar-refractivity contribution is 0.0696. The van der Waals surface area contributed by atoms with E-state index in [2.05, 4.69) is 37.5 Å². The molecule has 7 heteroatoms. The van der Waals surface area contributed by atoms with Crippen LogP contribution in [0.25, 0.3) is 22.6 Å². The van der Waals surface area contributed by atoms with Gasteiger partial charge in [0.05, 0.1) is 11.1 Å². The Bertz CT molecular complexity index is 832. The normalized spacial score (nSPS) is 10.9. The minimum absolute atomic E-state index is 0.119. The van der Waals surface area contributed by atoms with E-state index in [0.29, 0.717) is 22.0 Å². The summed E-state index contributed by atoms with van der Waals surface area (Å²) in [6, 6.07) is 7.01. The van der Waals surface area contributed by atoms with Gasteiger partial charge in [0.15, 0.2) is 5.65 Å². The van der Waals surface area contributed by atoms with E-state index in [9.17, 15) is 4.79 Å². The molecule has 0 saturated carbocycles. The number of benzene rings is 1. The molecule has 3 aromatic rings. The summed E-state index contributed by atoms with van der Waals surface area (Å²) in [6.07, 6.45) is 1.29. The number of rotatable bonds is 2. The molecule has 0 saturated heterocycles. The summed E-state index contributed by atoms with van der Waals surface area (Å²) in [4.78, 5) is 22.4. The molecule has 1 aromatic carbocycles. The van der Waals surface area contributed by atoms with Crippen LogP contribution >= 0.6 is 34.2 Å². The smallest absolute Gasteiger partial charge is 0.337 e. The second-order valence-corrected chi connectivity index (χ2v) is 5.71. The monoisotopic (exact) mass is 399 g/mol. The van der Waals surface area contributed by atoms with Gasteiger partial charge in [0.1, 0.15) is 5.82 Å². The van der Waals surface area contributed by atoms with Gasteiger partial charge in [-0.25, -0.2) is 14.8 Å². The van der Waals surface area contributed by atoms with Crippen molar-refractivity contribution in [3.05, 3.63) is 44.6 Å². The van der Waals surface area contributed by atoms with Crippen molar-refractivity contribution in [1.29, 1.82) is 0 Å². The number of hydrogen-bond acceptors (Lipinski definition) is 3. The number of carbonyl (C=O) groups is 1. The van der Waals surface area contributed by atoms with Crippen LogP contribution in [-0.2, 0) is 0 Å². The van der Waals surface area contributed by atoms with Crippen molar-refractivity contribution in [3.8, 4) is 11.4 Å².